The van der Waals surface area contributed by atoms with E-state index in [0.29, 0.717) is 5.82 Å². The smallest absolute Gasteiger partial charge is 0.174 e. The second kappa shape index (κ2) is 4.13. The minimum absolute atomic E-state index is 0.466. The van der Waals surface area contributed by atoms with Gasteiger partial charge in [0.15, 0.2) is 11.4 Å². The van der Waals surface area contributed by atoms with Crippen molar-refractivity contribution in [1.29, 1.82) is 0 Å². The largest absolute Gasteiger partial charge is 0.380 e. The van der Waals surface area contributed by atoms with Gasteiger partial charge in [0.2, 0.25) is 0 Å². The molecule has 0 amide bonds. The summed E-state index contributed by atoms with van der Waals surface area (Å²) in [7, 11) is 0. The Balaban J connectivity index is 0.000000461. The Bertz CT molecular complexity index is 432. The van der Waals surface area contributed by atoms with Gasteiger partial charge in [-0.3, -0.25) is 0 Å². The van der Waals surface area contributed by atoms with E-state index in [2.05, 4.69) is 5.16 Å². The third-order valence-corrected chi connectivity index (χ3v) is 2.19. The van der Waals surface area contributed by atoms with Gasteiger partial charge < -0.3 is 10.3 Å². The van der Waals surface area contributed by atoms with Crippen LogP contribution in [0.5, 0.6) is 0 Å². The first-order valence-corrected chi connectivity index (χ1v) is 4.81. The van der Waals surface area contributed by atoms with Gasteiger partial charge in [0.25, 0.3) is 0 Å². The number of nitrogens with zero attached hydrogens (tertiary/aromatic N) is 1. The second-order valence-corrected chi connectivity index (χ2v) is 2.95. The second-order valence-electron chi connectivity index (χ2n) is 2.95. The van der Waals surface area contributed by atoms with Crippen LogP contribution >= 0.6 is 0 Å². The zero-order valence-corrected chi connectivity index (χ0v) is 9.09. The lowest BCUT2D eigenvalue weighted by Crippen LogP contribution is -1.84. The normalized spacial score (nSPS) is 9.71. The molecule has 0 atom stereocenters. The van der Waals surface area contributed by atoms with Crippen LogP contribution in [0.25, 0.3) is 11.0 Å². The molecule has 0 radical (unpaired) electrons. The standard InChI is InChI=1S/C9H10N2O.C2H6/c1-5-3-4-7-8(6(5)2)12-11-9(7)10;1-2/h3-4H,1-2H3,(H2,10,11);1-2H3. The van der Waals surface area contributed by atoms with Crippen LogP contribution in [0.15, 0.2) is 16.7 Å². The first kappa shape index (κ1) is 10.6. The number of benzene rings is 1. The van der Waals surface area contributed by atoms with Crippen LogP contribution in [0.1, 0.15) is 25.0 Å². The summed E-state index contributed by atoms with van der Waals surface area (Å²) in [4.78, 5) is 0. The van der Waals surface area contributed by atoms with Gasteiger partial charge in [0.1, 0.15) is 0 Å². The summed E-state index contributed by atoms with van der Waals surface area (Å²) in [5.41, 5.74) is 8.69. The first-order chi connectivity index (χ1) is 6.70. The predicted octanol–water partition coefficient (Wildman–Crippen LogP) is 3.05. The highest BCUT2D eigenvalue weighted by molar-refractivity contribution is 5.89. The van der Waals surface area contributed by atoms with Crippen molar-refractivity contribution in [1.82, 2.24) is 5.16 Å². The van der Waals surface area contributed by atoms with Gasteiger partial charge >= 0.3 is 0 Å². The van der Waals surface area contributed by atoms with Crippen molar-refractivity contribution >= 4 is 16.8 Å². The number of hydrogen-bond donors (Lipinski definition) is 1. The van der Waals surface area contributed by atoms with Crippen molar-refractivity contribution in [2.75, 3.05) is 5.73 Å². The van der Waals surface area contributed by atoms with Gasteiger partial charge in [-0.25, -0.2) is 0 Å². The number of hydrogen-bond acceptors (Lipinski definition) is 3. The Hall–Kier alpha value is -1.51. The van der Waals surface area contributed by atoms with Crippen LogP contribution < -0.4 is 5.73 Å². The van der Waals surface area contributed by atoms with Crippen LogP contribution in [-0.2, 0) is 0 Å². The molecule has 14 heavy (non-hydrogen) atoms. The fraction of sp³-hybridized carbons (Fsp3) is 0.364. The molecule has 0 saturated carbocycles. The van der Waals surface area contributed by atoms with E-state index in [-0.39, 0.29) is 0 Å². The van der Waals surface area contributed by atoms with Crippen LogP contribution in [0.3, 0.4) is 0 Å². The Kier molecular flexibility index (Phi) is 3.12. The van der Waals surface area contributed by atoms with Crippen molar-refractivity contribution < 1.29 is 4.52 Å². The quantitative estimate of drug-likeness (QED) is 0.698. The Labute approximate surface area is 83.9 Å². The minimum Gasteiger partial charge on any atom is -0.380 e. The molecule has 3 nitrogen and oxygen atoms in total. The third kappa shape index (κ3) is 1.58. The highest BCUT2D eigenvalue weighted by Crippen LogP contribution is 2.25. The van der Waals surface area contributed by atoms with Crippen LogP contribution in [0.2, 0.25) is 0 Å². The molecule has 2 N–H and O–H groups in total. The molecular formula is C11H16N2O. The van der Waals surface area contributed by atoms with Gasteiger partial charge in [0, 0.05) is 0 Å². The van der Waals surface area contributed by atoms with Crippen molar-refractivity contribution in [3.8, 4) is 0 Å². The fourth-order valence-corrected chi connectivity index (χ4v) is 1.25. The molecule has 0 unspecified atom stereocenters. The highest BCUT2D eigenvalue weighted by Gasteiger charge is 2.07. The molecule has 1 aromatic carbocycles. The maximum atomic E-state index is 5.59. The lowest BCUT2D eigenvalue weighted by atomic mass is 10.1. The highest BCUT2D eigenvalue weighted by atomic mass is 16.5. The topological polar surface area (TPSA) is 52.0 Å². The zero-order chi connectivity index (χ0) is 10.7. The molecule has 0 spiro atoms. The van der Waals surface area contributed by atoms with E-state index >= 15 is 0 Å². The molecule has 1 aromatic heterocycles. The van der Waals surface area contributed by atoms with Crippen LogP contribution in [-0.4, -0.2) is 5.16 Å². The molecule has 0 aliphatic carbocycles. The van der Waals surface area contributed by atoms with E-state index in [1.54, 1.807) is 0 Å². The van der Waals surface area contributed by atoms with Gasteiger partial charge in [-0.15, -0.1) is 0 Å². The van der Waals surface area contributed by atoms with E-state index in [9.17, 15) is 0 Å². The zero-order valence-electron chi connectivity index (χ0n) is 9.09. The summed E-state index contributed by atoms with van der Waals surface area (Å²) in [5.74, 6) is 0.466. The van der Waals surface area contributed by atoms with E-state index in [1.807, 2.05) is 39.8 Å². The summed E-state index contributed by atoms with van der Waals surface area (Å²) in [5, 5.41) is 4.60. The average Bonchev–Trinajstić information content (AvgIpc) is 2.58. The molecule has 0 aliphatic rings. The fourth-order valence-electron chi connectivity index (χ4n) is 1.25. The van der Waals surface area contributed by atoms with Gasteiger partial charge in [0.05, 0.1) is 5.39 Å². The molecular weight excluding hydrogens is 176 g/mol. The first-order valence-electron chi connectivity index (χ1n) is 4.81. The molecule has 1 heterocycles. The van der Waals surface area contributed by atoms with Crippen LogP contribution in [0.4, 0.5) is 5.82 Å². The number of rotatable bonds is 0. The maximum Gasteiger partial charge on any atom is 0.174 e. The van der Waals surface area contributed by atoms with E-state index in [0.717, 1.165) is 16.5 Å². The summed E-state index contributed by atoms with van der Waals surface area (Å²) in [6.07, 6.45) is 0. The Morgan fingerprint density at radius 1 is 1.21 bits per heavy atom. The van der Waals surface area contributed by atoms with E-state index in [4.69, 9.17) is 10.3 Å². The van der Waals surface area contributed by atoms with Crippen LogP contribution in [0, 0.1) is 13.8 Å². The SMILES string of the molecule is CC.Cc1ccc2c(N)noc2c1C. The number of fused-ring (bicyclic) bond motifs is 1. The average molecular weight is 192 g/mol. The van der Waals surface area contributed by atoms with Crippen molar-refractivity contribution in [2.45, 2.75) is 27.7 Å². The summed E-state index contributed by atoms with van der Waals surface area (Å²) < 4.78 is 5.09. The number of anilines is 1. The van der Waals surface area contributed by atoms with E-state index < -0.39 is 0 Å². The van der Waals surface area contributed by atoms with Crippen molar-refractivity contribution in [2.24, 2.45) is 0 Å². The van der Waals surface area contributed by atoms with Gasteiger partial charge in [-0.05, 0) is 31.0 Å². The summed E-state index contributed by atoms with van der Waals surface area (Å²) in [6.45, 7) is 8.04. The Morgan fingerprint density at radius 2 is 1.86 bits per heavy atom. The molecule has 0 aliphatic heterocycles. The maximum absolute atomic E-state index is 5.59. The minimum atomic E-state index is 0.466. The number of aryl methyl sites for hydroxylation is 2. The molecule has 76 valence electrons. The summed E-state index contributed by atoms with van der Waals surface area (Å²) >= 11 is 0. The Morgan fingerprint density at radius 3 is 2.50 bits per heavy atom. The molecule has 2 rings (SSSR count). The van der Waals surface area contributed by atoms with Gasteiger partial charge in [-0.1, -0.05) is 25.1 Å². The van der Waals surface area contributed by atoms with Crippen molar-refractivity contribution in [3.05, 3.63) is 23.3 Å². The molecule has 0 bridgehead atoms. The lowest BCUT2D eigenvalue weighted by molar-refractivity contribution is 0.459. The molecule has 2 aromatic rings. The number of nitrogen functional groups attached to an aromatic ring is 1. The van der Waals surface area contributed by atoms with Gasteiger partial charge in [-0.2, -0.15) is 0 Å². The summed E-state index contributed by atoms with van der Waals surface area (Å²) in [6, 6.07) is 3.95. The van der Waals surface area contributed by atoms with E-state index in [1.165, 1.54) is 5.56 Å². The molecule has 3 heteroatoms. The number of aromatic nitrogens is 1. The lowest BCUT2D eigenvalue weighted by Gasteiger charge is -1.97. The molecule has 0 saturated heterocycles. The van der Waals surface area contributed by atoms with Crippen molar-refractivity contribution in [3.63, 3.8) is 0 Å². The predicted molar refractivity (Wildman–Crippen MR) is 59.2 cm³/mol. The molecule has 0 fully saturated rings. The third-order valence-electron chi connectivity index (χ3n) is 2.19. The monoisotopic (exact) mass is 192 g/mol. The number of nitrogens with two attached hydrogens (primary N) is 1.